The lowest BCUT2D eigenvalue weighted by molar-refractivity contribution is 0.165. The highest BCUT2D eigenvalue weighted by atomic mass is 32.2. The van der Waals surface area contributed by atoms with Gasteiger partial charge in [-0.1, -0.05) is 12.1 Å². The van der Waals surface area contributed by atoms with Crippen LogP contribution in [0.1, 0.15) is 23.7 Å². The zero-order valence-electron chi connectivity index (χ0n) is 15.1. The molecule has 0 aliphatic carbocycles. The van der Waals surface area contributed by atoms with Gasteiger partial charge in [-0.05, 0) is 44.8 Å². The standard InChI is InChI=1S/C18H26N4O2S/c1-20(2)9-8-16-12-21(13-17-10-19-14-22(16)17)11-15-4-6-18(7-5-15)25(3,23)24/h4-7,10,14,16H,8-9,11-13H2,1-3H3/t16-/m1/s1. The van der Waals surface area contributed by atoms with E-state index >= 15 is 0 Å². The molecule has 3 rings (SSSR count). The Morgan fingerprint density at radius 2 is 1.96 bits per heavy atom. The molecule has 0 amide bonds. The molecule has 0 saturated carbocycles. The number of imidazole rings is 1. The Labute approximate surface area is 150 Å². The molecule has 1 aromatic carbocycles. The molecule has 136 valence electrons. The second-order valence-corrected chi connectivity index (χ2v) is 9.14. The average Bonchev–Trinajstić information content (AvgIpc) is 3.00. The van der Waals surface area contributed by atoms with Crippen LogP contribution in [0.4, 0.5) is 0 Å². The number of benzene rings is 1. The second kappa shape index (κ2) is 7.27. The van der Waals surface area contributed by atoms with Crippen molar-refractivity contribution in [3.05, 3.63) is 48.0 Å². The predicted octanol–water partition coefficient (Wildman–Crippen LogP) is 1.80. The van der Waals surface area contributed by atoms with Crippen LogP contribution in [0.15, 0.2) is 41.7 Å². The maximum absolute atomic E-state index is 11.6. The number of fused-ring (bicyclic) bond motifs is 1. The summed E-state index contributed by atoms with van der Waals surface area (Å²) < 4.78 is 25.5. The maximum Gasteiger partial charge on any atom is 0.175 e. The van der Waals surface area contributed by atoms with E-state index < -0.39 is 9.84 Å². The van der Waals surface area contributed by atoms with Crippen molar-refractivity contribution in [2.75, 3.05) is 33.4 Å². The Bertz CT molecular complexity index is 812. The van der Waals surface area contributed by atoms with Gasteiger partial charge in [-0.2, -0.15) is 0 Å². The molecule has 0 radical (unpaired) electrons. The van der Waals surface area contributed by atoms with Crippen molar-refractivity contribution in [2.45, 2.75) is 30.4 Å². The molecule has 0 saturated heterocycles. The minimum absolute atomic E-state index is 0.372. The molecule has 7 heteroatoms. The Hall–Kier alpha value is -1.70. The molecule has 6 nitrogen and oxygen atoms in total. The molecule has 0 fully saturated rings. The van der Waals surface area contributed by atoms with E-state index in [0.717, 1.165) is 38.2 Å². The van der Waals surface area contributed by atoms with Crippen LogP contribution < -0.4 is 0 Å². The van der Waals surface area contributed by atoms with Gasteiger partial charge in [0.25, 0.3) is 0 Å². The number of hydrogen-bond acceptors (Lipinski definition) is 5. The molecule has 1 aliphatic rings. The highest BCUT2D eigenvalue weighted by Gasteiger charge is 2.24. The van der Waals surface area contributed by atoms with Gasteiger partial charge in [-0.25, -0.2) is 13.4 Å². The minimum atomic E-state index is -3.14. The van der Waals surface area contributed by atoms with Crippen LogP contribution in [0.5, 0.6) is 0 Å². The number of nitrogens with zero attached hydrogens (tertiary/aromatic N) is 4. The lowest BCUT2D eigenvalue weighted by atomic mass is 10.1. The van der Waals surface area contributed by atoms with Crippen LogP contribution in [0.25, 0.3) is 0 Å². The van der Waals surface area contributed by atoms with Crippen LogP contribution in [-0.4, -0.2) is 61.2 Å². The number of hydrogen-bond donors (Lipinski definition) is 0. The van der Waals surface area contributed by atoms with E-state index in [-0.39, 0.29) is 0 Å². The first-order chi connectivity index (χ1) is 11.8. The summed E-state index contributed by atoms with van der Waals surface area (Å²) in [7, 11) is 1.05. The number of sulfone groups is 1. The molecule has 0 spiro atoms. The third-order valence-corrected chi connectivity index (χ3v) is 5.79. The van der Waals surface area contributed by atoms with Crippen LogP contribution in [0, 0.1) is 0 Å². The number of rotatable bonds is 6. The minimum Gasteiger partial charge on any atom is -0.329 e. The summed E-state index contributed by atoms with van der Waals surface area (Å²) in [5.41, 5.74) is 2.37. The lowest BCUT2D eigenvalue weighted by Gasteiger charge is -2.35. The Morgan fingerprint density at radius 1 is 1.24 bits per heavy atom. The SMILES string of the molecule is CN(C)CC[C@@H]1CN(Cc2ccc(S(C)(=O)=O)cc2)Cc2cncn21. The molecule has 1 atom stereocenters. The third kappa shape index (κ3) is 4.48. The summed E-state index contributed by atoms with van der Waals surface area (Å²) in [4.78, 5) is 9.31. The summed E-state index contributed by atoms with van der Waals surface area (Å²) in [6.07, 6.45) is 6.21. The highest BCUT2D eigenvalue weighted by Crippen LogP contribution is 2.25. The summed E-state index contributed by atoms with van der Waals surface area (Å²) in [6.45, 7) is 3.70. The Kier molecular flexibility index (Phi) is 5.27. The largest absolute Gasteiger partial charge is 0.329 e. The van der Waals surface area contributed by atoms with Crippen molar-refractivity contribution in [3.63, 3.8) is 0 Å². The fourth-order valence-corrected chi connectivity index (χ4v) is 3.95. The quantitative estimate of drug-likeness (QED) is 0.784. The van der Waals surface area contributed by atoms with E-state index in [2.05, 4.69) is 33.4 Å². The topological polar surface area (TPSA) is 58.4 Å². The van der Waals surface area contributed by atoms with Gasteiger partial charge in [-0.3, -0.25) is 4.90 Å². The highest BCUT2D eigenvalue weighted by molar-refractivity contribution is 7.90. The fourth-order valence-electron chi connectivity index (χ4n) is 3.32. The lowest BCUT2D eigenvalue weighted by Crippen LogP contribution is -2.37. The molecule has 1 aromatic heterocycles. The van der Waals surface area contributed by atoms with Crippen LogP contribution in [0.3, 0.4) is 0 Å². The van der Waals surface area contributed by atoms with Gasteiger partial charge in [0.15, 0.2) is 9.84 Å². The van der Waals surface area contributed by atoms with Crippen molar-refractivity contribution in [2.24, 2.45) is 0 Å². The van der Waals surface area contributed by atoms with Crippen molar-refractivity contribution in [1.29, 1.82) is 0 Å². The van der Waals surface area contributed by atoms with Crippen LogP contribution >= 0.6 is 0 Å². The van der Waals surface area contributed by atoms with Gasteiger partial charge in [-0.15, -0.1) is 0 Å². The van der Waals surface area contributed by atoms with Gasteiger partial charge >= 0.3 is 0 Å². The summed E-state index contributed by atoms with van der Waals surface area (Å²) in [5, 5.41) is 0. The smallest absolute Gasteiger partial charge is 0.175 e. The maximum atomic E-state index is 11.6. The van der Waals surface area contributed by atoms with Gasteiger partial charge in [0.1, 0.15) is 0 Å². The van der Waals surface area contributed by atoms with Gasteiger partial charge in [0, 0.05) is 38.1 Å². The first kappa shape index (κ1) is 18.1. The van der Waals surface area contributed by atoms with E-state index in [1.165, 1.54) is 11.9 Å². The van der Waals surface area contributed by atoms with E-state index in [1.807, 2.05) is 24.7 Å². The van der Waals surface area contributed by atoms with Gasteiger partial charge in [0.2, 0.25) is 0 Å². The van der Waals surface area contributed by atoms with E-state index in [9.17, 15) is 8.42 Å². The van der Waals surface area contributed by atoms with Crippen molar-refractivity contribution < 1.29 is 8.42 Å². The van der Waals surface area contributed by atoms with Gasteiger partial charge in [0.05, 0.1) is 16.9 Å². The van der Waals surface area contributed by atoms with E-state index in [4.69, 9.17) is 0 Å². The fraction of sp³-hybridized carbons (Fsp3) is 0.500. The molecule has 0 N–H and O–H groups in total. The molecule has 1 aliphatic heterocycles. The zero-order chi connectivity index (χ0) is 18.0. The molecule has 0 bridgehead atoms. The van der Waals surface area contributed by atoms with E-state index in [1.54, 1.807) is 12.1 Å². The van der Waals surface area contributed by atoms with Crippen LogP contribution in [-0.2, 0) is 22.9 Å². The normalized spacial score (nSPS) is 18.5. The Morgan fingerprint density at radius 3 is 2.60 bits per heavy atom. The third-order valence-electron chi connectivity index (χ3n) is 4.66. The Balaban J connectivity index is 1.71. The predicted molar refractivity (Wildman–Crippen MR) is 98.1 cm³/mol. The zero-order valence-corrected chi connectivity index (χ0v) is 15.9. The molecule has 2 aromatic rings. The first-order valence-electron chi connectivity index (χ1n) is 8.50. The summed E-state index contributed by atoms with van der Waals surface area (Å²) in [6, 6.07) is 7.64. The molecule has 0 unspecified atom stereocenters. The molecule has 25 heavy (non-hydrogen) atoms. The van der Waals surface area contributed by atoms with Crippen molar-refractivity contribution in [3.8, 4) is 0 Å². The second-order valence-electron chi connectivity index (χ2n) is 7.12. The van der Waals surface area contributed by atoms with Crippen molar-refractivity contribution >= 4 is 9.84 Å². The number of aromatic nitrogens is 2. The first-order valence-corrected chi connectivity index (χ1v) is 10.4. The monoisotopic (exact) mass is 362 g/mol. The average molecular weight is 362 g/mol. The van der Waals surface area contributed by atoms with Crippen LogP contribution in [0.2, 0.25) is 0 Å². The van der Waals surface area contributed by atoms with E-state index in [0.29, 0.717) is 10.9 Å². The molecular formula is C18H26N4O2S. The summed E-state index contributed by atoms with van der Waals surface area (Å²) >= 11 is 0. The van der Waals surface area contributed by atoms with Gasteiger partial charge < -0.3 is 9.47 Å². The molecular weight excluding hydrogens is 336 g/mol. The molecule has 2 heterocycles. The summed E-state index contributed by atoms with van der Waals surface area (Å²) in [5.74, 6) is 0. The van der Waals surface area contributed by atoms with Crippen molar-refractivity contribution in [1.82, 2.24) is 19.4 Å².